The van der Waals surface area contributed by atoms with E-state index in [0.717, 1.165) is 12.1 Å². The van der Waals surface area contributed by atoms with Gasteiger partial charge in [-0.05, 0) is 13.8 Å². The summed E-state index contributed by atoms with van der Waals surface area (Å²) in [5.41, 5.74) is -0.925. The zero-order chi connectivity index (χ0) is 7.78. The third-order valence-corrected chi connectivity index (χ3v) is 2.00. The first-order valence-electron chi connectivity index (χ1n) is 2.82. The van der Waals surface area contributed by atoms with Gasteiger partial charge in [0.15, 0.2) is 0 Å². The molecule has 1 aliphatic rings. The van der Waals surface area contributed by atoms with Gasteiger partial charge >= 0.3 is 0 Å². The number of hydrogen-bond donors (Lipinski definition) is 2. The fourth-order valence-corrected chi connectivity index (χ4v) is 1.22. The third kappa shape index (κ3) is 0.965. The summed E-state index contributed by atoms with van der Waals surface area (Å²) in [5, 5.41) is 0. The standard InChI is InChI=1S/C5H8N2O2S/c1-5(2)3(8)6-10-7-4(5)9/h1-2H3,(H,6,8)(H,7,9). The van der Waals surface area contributed by atoms with Crippen molar-refractivity contribution in [2.24, 2.45) is 5.41 Å². The lowest BCUT2D eigenvalue weighted by Crippen LogP contribution is -2.50. The van der Waals surface area contributed by atoms with E-state index in [1.54, 1.807) is 13.8 Å². The third-order valence-electron chi connectivity index (χ3n) is 1.42. The van der Waals surface area contributed by atoms with Crippen LogP contribution in [0.3, 0.4) is 0 Å². The maximum Gasteiger partial charge on any atom is 0.246 e. The first kappa shape index (κ1) is 7.40. The van der Waals surface area contributed by atoms with Crippen molar-refractivity contribution in [2.75, 3.05) is 0 Å². The van der Waals surface area contributed by atoms with E-state index in [4.69, 9.17) is 0 Å². The number of carbonyl (C=O) groups excluding carboxylic acids is 2. The van der Waals surface area contributed by atoms with Crippen molar-refractivity contribution in [3.63, 3.8) is 0 Å². The molecule has 0 saturated carbocycles. The molecule has 1 aliphatic heterocycles. The van der Waals surface area contributed by atoms with Crippen LogP contribution in [0, 0.1) is 5.41 Å². The van der Waals surface area contributed by atoms with Crippen molar-refractivity contribution in [1.29, 1.82) is 0 Å². The lowest BCUT2D eigenvalue weighted by atomic mass is 9.92. The summed E-state index contributed by atoms with van der Waals surface area (Å²) < 4.78 is 4.90. The van der Waals surface area contributed by atoms with Crippen LogP contribution in [0.2, 0.25) is 0 Å². The van der Waals surface area contributed by atoms with E-state index in [-0.39, 0.29) is 11.8 Å². The summed E-state index contributed by atoms with van der Waals surface area (Å²) in [5.74, 6) is -0.498. The van der Waals surface area contributed by atoms with E-state index in [0.29, 0.717) is 0 Å². The molecule has 1 rings (SSSR count). The Morgan fingerprint density at radius 2 is 1.60 bits per heavy atom. The molecule has 0 aromatic heterocycles. The van der Waals surface area contributed by atoms with Crippen molar-refractivity contribution < 1.29 is 9.59 Å². The minimum Gasteiger partial charge on any atom is -0.281 e. The molecule has 4 nitrogen and oxygen atoms in total. The lowest BCUT2D eigenvalue weighted by Gasteiger charge is -2.26. The van der Waals surface area contributed by atoms with Crippen molar-refractivity contribution in [2.45, 2.75) is 13.8 Å². The summed E-state index contributed by atoms with van der Waals surface area (Å²) in [4.78, 5) is 21.9. The van der Waals surface area contributed by atoms with Gasteiger partial charge in [0.25, 0.3) is 0 Å². The topological polar surface area (TPSA) is 58.2 Å². The van der Waals surface area contributed by atoms with Gasteiger partial charge in [0.05, 0.1) is 12.1 Å². The highest BCUT2D eigenvalue weighted by Crippen LogP contribution is 2.20. The molecule has 0 spiro atoms. The Morgan fingerprint density at radius 1 is 1.20 bits per heavy atom. The molecule has 0 aromatic rings. The molecule has 1 heterocycles. The maximum atomic E-state index is 10.9. The monoisotopic (exact) mass is 160 g/mol. The molecule has 0 atom stereocenters. The maximum absolute atomic E-state index is 10.9. The van der Waals surface area contributed by atoms with Crippen LogP contribution < -0.4 is 9.44 Å². The molecular weight excluding hydrogens is 152 g/mol. The molecule has 0 unspecified atom stereocenters. The lowest BCUT2D eigenvalue weighted by molar-refractivity contribution is -0.139. The molecule has 1 saturated heterocycles. The molecule has 2 N–H and O–H groups in total. The Hall–Kier alpha value is -0.710. The van der Waals surface area contributed by atoms with E-state index >= 15 is 0 Å². The van der Waals surface area contributed by atoms with Crippen molar-refractivity contribution >= 4 is 23.9 Å². The highest BCUT2D eigenvalue weighted by atomic mass is 32.2. The molecule has 0 radical (unpaired) electrons. The highest BCUT2D eigenvalue weighted by molar-refractivity contribution is 7.96. The van der Waals surface area contributed by atoms with Crippen LogP contribution in [-0.4, -0.2) is 11.8 Å². The number of nitrogens with one attached hydrogen (secondary N) is 2. The van der Waals surface area contributed by atoms with Gasteiger partial charge in [-0.3, -0.25) is 19.0 Å². The summed E-state index contributed by atoms with van der Waals surface area (Å²) in [6.45, 7) is 3.16. The summed E-state index contributed by atoms with van der Waals surface area (Å²) in [6.07, 6.45) is 0. The Bertz CT molecular complexity index is 172. The minimum absolute atomic E-state index is 0.249. The van der Waals surface area contributed by atoms with Gasteiger partial charge in [0, 0.05) is 0 Å². The van der Waals surface area contributed by atoms with Gasteiger partial charge in [-0.2, -0.15) is 0 Å². The second kappa shape index (κ2) is 2.16. The van der Waals surface area contributed by atoms with Crippen molar-refractivity contribution in [3.8, 4) is 0 Å². The molecule has 10 heavy (non-hydrogen) atoms. The van der Waals surface area contributed by atoms with E-state index in [1.165, 1.54) is 0 Å². The fraction of sp³-hybridized carbons (Fsp3) is 0.600. The first-order chi connectivity index (χ1) is 4.55. The number of carbonyl (C=O) groups is 2. The van der Waals surface area contributed by atoms with E-state index in [1.807, 2.05) is 0 Å². The van der Waals surface area contributed by atoms with Gasteiger partial charge in [-0.25, -0.2) is 0 Å². The largest absolute Gasteiger partial charge is 0.281 e. The van der Waals surface area contributed by atoms with Gasteiger partial charge < -0.3 is 0 Å². The fourth-order valence-electron chi connectivity index (χ4n) is 0.476. The van der Waals surface area contributed by atoms with Crippen molar-refractivity contribution in [3.05, 3.63) is 0 Å². The predicted molar refractivity (Wildman–Crippen MR) is 37.7 cm³/mol. The Labute approximate surface area is 63.0 Å². The summed E-state index contributed by atoms with van der Waals surface area (Å²) in [6, 6.07) is 0. The molecule has 0 aromatic carbocycles. The van der Waals surface area contributed by atoms with Gasteiger partial charge in [0.2, 0.25) is 11.8 Å². The average Bonchev–Trinajstić information content (AvgIpc) is 1.84. The Morgan fingerprint density at radius 3 is 1.90 bits per heavy atom. The van der Waals surface area contributed by atoms with Crippen LogP contribution in [0.1, 0.15) is 13.8 Å². The second-order valence-corrected chi connectivity index (χ2v) is 3.20. The van der Waals surface area contributed by atoms with Crippen LogP contribution in [-0.2, 0) is 9.59 Å². The van der Waals surface area contributed by atoms with E-state index in [9.17, 15) is 9.59 Å². The van der Waals surface area contributed by atoms with Crippen LogP contribution >= 0.6 is 12.1 Å². The van der Waals surface area contributed by atoms with E-state index < -0.39 is 5.41 Å². The quantitative estimate of drug-likeness (QED) is 0.382. The first-order valence-corrected chi connectivity index (χ1v) is 3.63. The van der Waals surface area contributed by atoms with Crippen LogP contribution in [0.15, 0.2) is 0 Å². The van der Waals surface area contributed by atoms with Gasteiger partial charge in [0.1, 0.15) is 5.41 Å². The average molecular weight is 160 g/mol. The molecular formula is C5H8N2O2S. The Kier molecular flexibility index (Phi) is 1.60. The number of rotatable bonds is 0. The van der Waals surface area contributed by atoms with Gasteiger partial charge in [-0.1, -0.05) is 0 Å². The highest BCUT2D eigenvalue weighted by Gasteiger charge is 2.39. The number of amides is 2. The van der Waals surface area contributed by atoms with Crippen molar-refractivity contribution in [1.82, 2.24) is 9.44 Å². The second-order valence-electron chi connectivity index (χ2n) is 2.59. The zero-order valence-electron chi connectivity index (χ0n) is 5.72. The molecule has 1 fully saturated rings. The van der Waals surface area contributed by atoms with E-state index in [2.05, 4.69) is 9.44 Å². The number of hydrogen-bond acceptors (Lipinski definition) is 3. The smallest absolute Gasteiger partial charge is 0.246 e. The molecule has 2 amide bonds. The van der Waals surface area contributed by atoms with Gasteiger partial charge in [-0.15, -0.1) is 0 Å². The van der Waals surface area contributed by atoms with Crippen LogP contribution in [0.25, 0.3) is 0 Å². The summed E-state index contributed by atoms with van der Waals surface area (Å²) in [7, 11) is 0. The normalized spacial score (nSPS) is 23.4. The zero-order valence-corrected chi connectivity index (χ0v) is 6.54. The van der Waals surface area contributed by atoms with Crippen LogP contribution in [0.4, 0.5) is 0 Å². The van der Waals surface area contributed by atoms with Crippen LogP contribution in [0.5, 0.6) is 0 Å². The molecule has 5 heteroatoms. The molecule has 0 aliphatic carbocycles. The summed E-state index contributed by atoms with van der Waals surface area (Å²) >= 11 is 0.914. The SMILES string of the molecule is CC1(C)C(=O)NSNC1=O. The Balaban J connectivity index is 2.83. The molecule has 0 bridgehead atoms. The predicted octanol–water partition coefficient (Wildman–Crippen LogP) is -0.178. The minimum atomic E-state index is -0.925. The molecule has 56 valence electrons.